The third kappa shape index (κ3) is 1.42. The second kappa shape index (κ2) is 3.35. The Morgan fingerprint density at radius 2 is 1.94 bits per heavy atom. The van der Waals surface area contributed by atoms with Crippen LogP contribution < -0.4 is 0 Å². The lowest BCUT2D eigenvalue weighted by Gasteiger charge is -2.59. The molecule has 3 atom stereocenters. The van der Waals surface area contributed by atoms with Crippen LogP contribution in [0.15, 0.2) is 12.7 Å². The molecule has 2 heteroatoms. The van der Waals surface area contributed by atoms with Gasteiger partial charge in [-0.15, -0.1) is 0 Å². The Bertz CT molecular complexity index is 320. The fourth-order valence-electron chi connectivity index (χ4n) is 4.81. The molecule has 0 aromatic heterocycles. The van der Waals surface area contributed by atoms with Crippen LogP contribution >= 0.6 is 0 Å². The first-order valence-corrected chi connectivity index (χ1v) is 6.44. The van der Waals surface area contributed by atoms with Gasteiger partial charge in [0, 0.05) is 11.5 Å². The van der Waals surface area contributed by atoms with Crippen molar-refractivity contribution >= 4 is 5.97 Å². The highest BCUT2D eigenvalue weighted by Crippen LogP contribution is 2.60. The maximum absolute atomic E-state index is 11.4. The van der Waals surface area contributed by atoms with Crippen molar-refractivity contribution in [3.8, 4) is 0 Å². The summed E-state index contributed by atoms with van der Waals surface area (Å²) >= 11 is 0. The molecule has 3 unspecified atom stereocenters. The highest BCUT2D eigenvalue weighted by atomic mass is 16.5. The van der Waals surface area contributed by atoms with Gasteiger partial charge in [0.2, 0.25) is 0 Å². The topological polar surface area (TPSA) is 26.3 Å². The van der Waals surface area contributed by atoms with Gasteiger partial charge < -0.3 is 4.74 Å². The van der Waals surface area contributed by atoms with E-state index >= 15 is 0 Å². The fourth-order valence-corrected chi connectivity index (χ4v) is 4.81. The van der Waals surface area contributed by atoms with Crippen molar-refractivity contribution in [2.45, 2.75) is 45.1 Å². The monoisotopic (exact) mass is 220 g/mol. The lowest BCUT2D eigenvalue weighted by molar-refractivity contribution is -0.185. The minimum atomic E-state index is -0.237. The summed E-state index contributed by atoms with van der Waals surface area (Å²) in [4.78, 5) is 11.4. The minimum absolute atomic E-state index is 0.158. The van der Waals surface area contributed by atoms with E-state index in [-0.39, 0.29) is 17.5 Å². The van der Waals surface area contributed by atoms with E-state index in [1.807, 2.05) is 0 Å². The van der Waals surface area contributed by atoms with Crippen molar-refractivity contribution in [3.05, 3.63) is 12.7 Å². The maximum Gasteiger partial charge on any atom is 0.330 e. The zero-order valence-corrected chi connectivity index (χ0v) is 9.95. The minimum Gasteiger partial charge on any atom is -0.458 e. The molecule has 4 saturated carbocycles. The Hall–Kier alpha value is -0.790. The summed E-state index contributed by atoms with van der Waals surface area (Å²) in [7, 11) is 0. The summed E-state index contributed by atoms with van der Waals surface area (Å²) in [6, 6.07) is 0. The van der Waals surface area contributed by atoms with Gasteiger partial charge in [-0.25, -0.2) is 4.79 Å². The third-order valence-corrected chi connectivity index (χ3v) is 4.97. The first-order valence-electron chi connectivity index (χ1n) is 6.44. The summed E-state index contributed by atoms with van der Waals surface area (Å²) in [5, 5.41) is 0. The van der Waals surface area contributed by atoms with E-state index in [2.05, 4.69) is 13.5 Å². The van der Waals surface area contributed by atoms with Crippen molar-refractivity contribution in [2.24, 2.45) is 23.2 Å². The number of rotatable bonds is 2. The smallest absolute Gasteiger partial charge is 0.330 e. The highest BCUT2D eigenvalue weighted by Gasteiger charge is 2.56. The predicted octanol–water partition coefficient (Wildman–Crippen LogP) is 2.93. The molecule has 0 radical (unpaired) electrons. The van der Waals surface area contributed by atoms with Crippen LogP contribution in [0.3, 0.4) is 0 Å². The standard InChI is InChI=1S/C14H20O2/c1-3-12(15)16-13-11-5-9-4-10(6-11)8-14(13,2)7-9/h3,9-11,13H,1,4-8H2,2H3. The number of esters is 1. The van der Waals surface area contributed by atoms with Gasteiger partial charge in [0.25, 0.3) is 0 Å². The molecule has 0 N–H and O–H groups in total. The largest absolute Gasteiger partial charge is 0.458 e. The number of carbonyl (C=O) groups is 1. The number of hydrogen-bond donors (Lipinski definition) is 0. The van der Waals surface area contributed by atoms with Crippen molar-refractivity contribution in [1.29, 1.82) is 0 Å². The molecule has 4 aliphatic carbocycles. The first-order chi connectivity index (χ1) is 7.60. The summed E-state index contributed by atoms with van der Waals surface area (Å²) in [5.41, 5.74) is 0.257. The van der Waals surface area contributed by atoms with E-state index in [1.165, 1.54) is 38.2 Å². The summed E-state index contributed by atoms with van der Waals surface area (Å²) in [6.07, 6.45) is 7.96. The molecule has 4 fully saturated rings. The second-order valence-corrected chi connectivity index (χ2v) is 6.32. The average molecular weight is 220 g/mol. The van der Waals surface area contributed by atoms with Crippen LogP contribution in [-0.4, -0.2) is 12.1 Å². The molecule has 4 bridgehead atoms. The van der Waals surface area contributed by atoms with Crippen LogP contribution in [0.25, 0.3) is 0 Å². The average Bonchev–Trinajstić information content (AvgIpc) is 2.21. The van der Waals surface area contributed by atoms with Crippen LogP contribution in [0, 0.1) is 23.2 Å². The second-order valence-electron chi connectivity index (χ2n) is 6.32. The first kappa shape index (κ1) is 10.4. The van der Waals surface area contributed by atoms with Crippen LogP contribution in [0.2, 0.25) is 0 Å². The van der Waals surface area contributed by atoms with Crippen molar-refractivity contribution in [2.75, 3.05) is 0 Å². The van der Waals surface area contributed by atoms with Crippen LogP contribution in [-0.2, 0) is 9.53 Å². The van der Waals surface area contributed by atoms with Crippen molar-refractivity contribution in [1.82, 2.24) is 0 Å². The van der Waals surface area contributed by atoms with E-state index in [1.54, 1.807) is 0 Å². The molecule has 16 heavy (non-hydrogen) atoms. The van der Waals surface area contributed by atoms with E-state index in [9.17, 15) is 4.79 Å². The zero-order chi connectivity index (χ0) is 11.3. The molecule has 0 aromatic carbocycles. The van der Waals surface area contributed by atoms with Crippen molar-refractivity contribution < 1.29 is 9.53 Å². The van der Waals surface area contributed by atoms with Gasteiger partial charge in [0.1, 0.15) is 6.10 Å². The quantitative estimate of drug-likeness (QED) is 0.528. The van der Waals surface area contributed by atoms with Crippen LogP contribution in [0.5, 0.6) is 0 Å². The number of ether oxygens (including phenoxy) is 1. The molecule has 0 aliphatic heterocycles. The molecule has 0 heterocycles. The van der Waals surface area contributed by atoms with Gasteiger partial charge in [-0.1, -0.05) is 13.5 Å². The lowest BCUT2D eigenvalue weighted by atomic mass is 9.49. The zero-order valence-electron chi connectivity index (χ0n) is 9.95. The molecular weight excluding hydrogens is 200 g/mol. The third-order valence-electron chi connectivity index (χ3n) is 4.97. The normalized spacial score (nSPS) is 49.1. The van der Waals surface area contributed by atoms with Gasteiger partial charge >= 0.3 is 5.97 Å². The lowest BCUT2D eigenvalue weighted by Crippen LogP contribution is -2.55. The summed E-state index contributed by atoms with van der Waals surface area (Å²) < 4.78 is 5.62. The SMILES string of the molecule is C=CC(=O)OC1C2CC3CC(C2)CC1(C)C3. The Labute approximate surface area is 97.1 Å². The molecule has 0 amide bonds. The summed E-state index contributed by atoms with van der Waals surface area (Å²) in [6.45, 7) is 5.81. The Balaban J connectivity index is 1.83. The van der Waals surface area contributed by atoms with Gasteiger partial charge in [-0.05, 0) is 49.9 Å². The summed E-state index contributed by atoms with van der Waals surface area (Å²) in [5.74, 6) is 2.20. The van der Waals surface area contributed by atoms with E-state index in [4.69, 9.17) is 4.74 Å². The van der Waals surface area contributed by atoms with E-state index < -0.39 is 0 Å². The molecule has 88 valence electrons. The van der Waals surface area contributed by atoms with Crippen LogP contribution in [0.1, 0.15) is 39.0 Å². The van der Waals surface area contributed by atoms with Gasteiger partial charge in [-0.2, -0.15) is 0 Å². The molecule has 4 rings (SSSR count). The molecular formula is C14H20O2. The number of carbonyl (C=O) groups excluding carboxylic acids is 1. The van der Waals surface area contributed by atoms with Gasteiger partial charge in [0.05, 0.1) is 0 Å². The van der Waals surface area contributed by atoms with E-state index in [0.29, 0.717) is 5.92 Å². The van der Waals surface area contributed by atoms with Crippen LogP contribution in [0.4, 0.5) is 0 Å². The molecule has 4 aliphatic rings. The maximum atomic E-state index is 11.4. The molecule has 0 spiro atoms. The molecule has 2 nitrogen and oxygen atoms in total. The Morgan fingerprint density at radius 1 is 1.31 bits per heavy atom. The molecule has 0 aromatic rings. The number of hydrogen-bond acceptors (Lipinski definition) is 2. The van der Waals surface area contributed by atoms with Gasteiger partial charge in [-0.3, -0.25) is 0 Å². The highest BCUT2D eigenvalue weighted by molar-refractivity contribution is 5.81. The molecule has 0 saturated heterocycles. The van der Waals surface area contributed by atoms with Crippen molar-refractivity contribution in [3.63, 3.8) is 0 Å². The Morgan fingerprint density at radius 3 is 2.44 bits per heavy atom. The van der Waals surface area contributed by atoms with E-state index in [0.717, 1.165) is 11.8 Å². The fraction of sp³-hybridized carbons (Fsp3) is 0.786. The Kier molecular flexibility index (Phi) is 2.17. The van der Waals surface area contributed by atoms with Gasteiger partial charge in [0.15, 0.2) is 0 Å². The predicted molar refractivity (Wildman–Crippen MR) is 61.7 cm³/mol.